The van der Waals surface area contributed by atoms with E-state index in [1.807, 2.05) is 42.2 Å². The normalized spacial score (nSPS) is 11.1. The van der Waals surface area contributed by atoms with E-state index in [1.165, 1.54) is 17.0 Å². The van der Waals surface area contributed by atoms with Crippen LogP contribution in [0.25, 0.3) is 23.1 Å². The standard InChI is InChI=1S/C24H22FN2.HI/c1-18-21(12-11-19-13-15-26(2)16-14-19)22-8-4-6-10-24(22)27(18)17-20-7-3-5-9-23(20)25;/h3-16H,17H2,1-2H3;1H/q+1;/p-1. The molecule has 4 rings (SSSR count). The minimum Gasteiger partial charge on any atom is -1.00 e. The van der Waals surface area contributed by atoms with Crippen molar-refractivity contribution >= 4 is 23.1 Å². The number of halogens is 2. The number of aryl methyl sites for hydroxylation is 1. The number of para-hydroxylation sites is 1. The molecule has 0 saturated heterocycles. The van der Waals surface area contributed by atoms with Crippen molar-refractivity contribution in [1.82, 2.24) is 4.57 Å². The van der Waals surface area contributed by atoms with Gasteiger partial charge in [0.25, 0.3) is 0 Å². The molecule has 0 unspecified atom stereocenters. The molecule has 0 atom stereocenters. The van der Waals surface area contributed by atoms with Crippen molar-refractivity contribution in [2.75, 3.05) is 0 Å². The van der Waals surface area contributed by atoms with Crippen LogP contribution < -0.4 is 28.5 Å². The van der Waals surface area contributed by atoms with Gasteiger partial charge in [-0.15, -0.1) is 0 Å². The fourth-order valence-electron chi connectivity index (χ4n) is 3.47. The molecule has 2 aromatic carbocycles. The smallest absolute Gasteiger partial charge is 0.169 e. The zero-order chi connectivity index (χ0) is 18.8. The van der Waals surface area contributed by atoms with Crippen molar-refractivity contribution < 1.29 is 32.9 Å². The molecule has 0 aliphatic heterocycles. The topological polar surface area (TPSA) is 8.81 Å². The van der Waals surface area contributed by atoms with Crippen LogP contribution in [0, 0.1) is 12.7 Å². The lowest BCUT2D eigenvalue weighted by Crippen LogP contribution is -3.00. The minimum absolute atomic E-state index is 0. The van der Waals surface area contributed by atoms with E-state index in [-0.39, 0.29) is 29.8 Å². The Labute approximate surface area is 182 Å². The first-order valence-corrected chi connectivity index (χ1v) is 9.08. The maximum atomic E-state index is 14.2. The monoisotopic (exact) mass is 484 g/mol. The van der Waals surface area contributed by atoms with Gasteiger partial charge < -0.3 is 28.5 Å². The number of hydrogen-bond acceptors (Lipinski definition) is 0. The number of nitrogens with zero attached hydrogens (tertiary/aromatic N) is 2. The molecule has 0 radical (unpaired) electrons. The van der Waals surface area contributed by atoms with E-state index in [0.29, 0.717) is 12.1 Å². The number of aromatic nitrogens is 2. The van der Waals surface area contributed by atoms with Crippen molar-refractivity contribution in [1.29, 1.82) is 0 Å². The maximum Gasteiger partial charge on any atom is 0.169 e. The molecule has 0 bridgehead atoms. The summed E-state index contributed by atoms with van der Waals surface area (Å²) in [7, 11) is 2.01. The van der Waals surface area contributed by atoms with Gasteiger partial charge in [-0.2, -0.15) is 0 Å². The Morgan fingerprint density at radius 3 is 2.36 bits per heavy atom. The van der Waals surface area contributed by atoms with Gasteiger partial charge in [0.2, 0.25) is 0 Å². The fourth-order valence-corrected chi connectivity index (χ4v) is 3.47. The summed E-state index contributed by atoms with van der Waals surface area (Å²) < 4.78 is 18.4. The first kappa shape index (κ1) is 20.3. The zero-order valence-electron chi connectivity index (χ0n) is 15.9. The van der Waals surface area contributed by atoms with Gasteiger partial charge in [-0.05, 0) is 24.6 Å². The molecule has 2 nitrogen and oxygen atoms in total. The van der Waals surface area contributed by atoms with Crippen LogP contribution in [0.5, 0.6) is 0 Å². The van der Waals surface area contributed by atoms with Crippen molar-refractivity contribution in [3.63, 3.8) is 0 Å². The van der Waals surface area contributed by atoms with Crippen LogP contribution >= 0.6 is 0 Å². The molecule has 0 aliphatic carbocycles. The first-order chi connectivity index (χ1) is 13.1. The second-order valence-electron chi connectivity index (χ2n) is 6.82. The third-order valence-electron chi connectivity index (χ3n) is 5.01. The van der Waals surface area contributed by atoms with Crippen LogP contribution in [0.15, 0.2) is 73.1 Å². The number of hydrogen-bond donors (Lipinski definition) is 0. The average Bonchev–Trinajstić information content (AvgIpc) is 2.95. The summed E-state index contributed by atoms with van der Waals surface area (Å²) in [5.41, 5.74) is 5.29. The SMILES string of the molecule is Cc1c(/C=C/c2cc[n+](C)cc2)c2ccccc2n1Cc1ccccc1F.[I-]. The zero-order valence-corrected chi connectivity index (χ0v) is 18.1. The lowest BCUT2D eigenvalue weighted by atomic mass is 10.1. The number of fused-ring (bicyclic) bond motifs is 1. The van der Waals surface area contributed by atoms with E-state index in [9.17, 15) is 4.39 Å². The molecule has 0 N–H and O–H groups in total. The second-order valence-corrected chi connectivity index (χ2v) is 6.82. The molecule has 4 aromatic rings. The lowest BCUT2D eigenvalue weighted by molar-refractivity contribution is -0.671. The van der Waals surface area contributed by atoms with Crippen LogP contribution in [0.1, 0.15) is 22.4 Å². The van der Waals surface area contributed by atoms with E-state index in [4.69, 9.17) is 0 Å². The fraction of sp³-hybridized carbons (Fsp3) is 0.125. The highest BCUT2D eigenvalue weighted by atomic mass is 127. The van der Waals surface area contributed by atoms with E-state index >= 15 is 0 Å². The van der Waals surface area contributed by atoms with Crippen molar-refractivity contribution in [2.24, 2.45) is 7.05 Å². The predicted octanol–water partition coefficient (Wildman–Crippen LogP) is 2.14. The Morgan fingerprint density at radius 1 is 0.929 bits per heavy atom. The predicted molar refractivity (Wildman–Crippen MR) is 109 cm³/mol. The van der Waals surface area contributed by atoms with Crippen molar-refractivity contribution in [2.45, 2.75) is 13.5 Å². The highest BCUT2D eigenvalue weighted by molar-refractivity contribution is 5.93. The first-order valence-electron chi connectivity index (χ1n) is 9.08. The van der Waals surface area contributed by atoms with Gasteiger partial charge in [0.05, 0.1) is 6.54 Å². The highest BCUT2D eigenvalue weighted by Crippen LogP contribution is 2.28. The van der Waals surface area contributed by atoms with E-state index in [1.54, 1.807) is 6.07 Å². The van der Waals surface area contributed by atoms with Crippen LogP contribution in [0.3, 0.4) is 0 Å². The van der Waals surface area contributed by atoms with E-state index in [2.05, 4.69) is 54.0 Å². The Balaban J connectivity index is 0.00000225. The quantitative estimate of drug-likeness (QED) is 0.310. The lowest BCUT2D eigenvalue weighted by Gasteiger charge is -2.09. The van der Waals surface area contributed by atoms with Crippen molar-refractivity contribution in [3.8, 4) is 0 Å². The molecule has 2 heterocycles. The Bertz CT molecular complexity index is 1130. The van der Waals surface area contributed by atoms with Crippen LogP contribution in [0.4, 0.5) is 4.39 Å². The Hall–Kier alpha value is -2.47. The molecular formula is C24H22FIN2. The molecule has 0 amide bonds. The molecular weight excluding hydrogens is 462 g/mol. The van der Waals surface area contributed by atoms with Gasteiger partial charge in [0.15, 0.2) is 12.4 Å². The summed E-state index contributed by atoms with van der Waals surface area (Å²) in [6, 6.07) is 19.5. The van der Waals surface area contributed by atoms with Gasteiger partial charge in [0, 0.05) is 39.9 Å². The highest BCUT2D eigenvalue weighted by Gasteiger charge is 2.13. The summed E-state index contributed by atoms with van der Waals surface area (Å²) >= 11 is 0. The summed E-state index contributed by atoms with van der Waals surface area (Å²) in [5.74, 6) is -0.163. The summed E-state index contributed by atoms with van der Waals surface area (Å²) in [6.07, 6.45) is 8.36. The second kappa shape index (κ2) is 8.69. The molecule has 2 aromatic heterocycles. The van der Waals surface area contributed by atoms with E-state index < -0.39 is 0 Å². The van der Waals surface area contributed by atoms with Crippen LogP contribution in [0.2, 0.25) is 0 Å². The van der Waals surface area contributed by atoms with Gasteiger partial charge in [-0.1, -0.05) is 48.6 Å². The van der Waals surface area contributed by atoms with Gasteiger partial charge in [0.1, 0.15) is 12.9 Å². The molecule has 0 fully saturated rings. The Morgan fingerprint density at radius 2 is 1.61 bits per heavy atom. The van der Waals surface area contributed by atoms with Crippen LogP contribution in [-0.2, 0) is 13.6 Å². The van der Waals surface area contributed by atoms with Gasteiger partial charge >= 0.3 is 0 Å². The molecule has 4 heteroatoms. The number of pyridine rings is 1. The molecule has 0 spiro atoms. The largest absolute Gasteiger partial charge is 1.00 e. The van der Waals surface area contributed by atoms with Crippen molar-refractivity contribution in [3.05, 3.63) is 101 Å². The van der Waals surface area contributed by atoms with E-state index in [0.717, 1.165) is 16.8 Å². The summed E-state index contributed by atoms with van der Waals surface area (Å²) in [6.45, 7) is 2.62. The van der Waals surface area contributed by atoms with Gasteiger partial charge in [-0.25, -0.2) is 8.96 Å². The Kier molecular flexibility index (Phi) is 6.29. The molecule has 28 heavy (non-hydrogen) atoms. The number of rotatable bonds is 4. The van der Waals surface area contributed by atoms with Gasteiger partial charge in [-0.3, -0.25) is 0 Å². The minimum atomic E-state index is -0.163. The average molecular weight is 484 g/mol. The molecule has 142 valence electrons. The molecule has 0 saturated carbocycles. The maximum absolute atomic E-state index is 14.2. The molecule has 0 aliphatic rings. The van der Waals surface area contributed by atoms with Crippen LogP contribution in [-0.4, -0.2) is 4.57 Å². The summed E-state index contributed by atoms with van der Waals surface area (Å²) in [5, 5.41) is 1.18. The summed E-state index contributed by atoms with van der Waals surface area (Å²) in [4.78, 5) is 0. The third kappa shape index (κ3) is 4.02. The number of benzene rings is 2. The third-order valence-corrected chi connectivity index (χ3v) is 5.01.